The number of carbonyl (C=O) groups excluding carboxylic acids is 2. The van der Waals surface area contributed by atoms with Crippen LogP contribution in [0.25, 0.3) is 11.1 Å². The third-order valence-corrected chi connectivity index (χ3v) is 5.12. The SMILES string of the molecule is C=CC(=O)N1CC[C@@H](NC(=O)CCc2ccc(-c3ccccc3)cc2)[C@H](O)C1. The van der Waals surface area contributed by atoms with Gasteiger partial charge in [-0.25, -0.2) is 0 Å². The van der Waals surface area contributed by atoms with E-state index < -0.39 is 6.10 Å². The zero-order valence-electron chi connectivity index (χ0n) is 15.9. The van der Waals surface area contributed by atoms with E-state index in [0.717, 1.165) is 11.1 Å². The van der Waals surface area contributed by atoms with Crippen molar-refractivity contribution in [1.29, 1.82) is 0 Å². The lowest BCUT2D eigenvalue weighted by molar-refractivity contribution is -0.130. The Kier molecular flexibility index (Phi) is 6.61. The van der Waals surface area contributed by atoms with Crippen molar-refractivity contribution in [3.63, 3.8) is 0 Å². The first-order chi connectivity index (χ1) is 13.6. The van der Waals surface area contributed by atoms with Crippen molar-refractivity contribution in [2.75, 3.05) is 13.1 Å². The molecule has 0 radical (unpaired) electrons. The van der Waals surface area contributed by atoms with Gasteiger partial charge in [0.2, 0.25) is 11.8 Å². The van der Waals surface area contributed by atoms with Crippen LogP contribution in [0.3, 0.4) is 0 Å². The van der Waals surface area contributed by atoms with Gasteiger partial charge in [-0.3, -0.25) is 9.59 Å². The second-order valence-corrected chi connectivity index (χ2v) is 7.08. The van der Waals surface area contributed by atoms with E-state index in [0.29, 0.717) is 25.8 Å². The Bertz CT molecular complexity index is 818. The number of aryl methyl sites for hydroxylation is 1. The second-order valence-electron chi connectivity index (χ2n) is 7.08. The summed E-state index contributed by atoms with van der Waals surface area (Å²) in [5.41, 5.74) is 3.42. The molecule has 28 heavy (non-hydrogen) atoms. The van der Waals surface area contributed by atoms with Crippen LogP contribution in [0.2, 0.25) is 0 Å². The van der Waals surface area contributed by atoms with Crippen molar-refractivity contribution < 1.29 is 14.7 Å². The minimum atomic E-state index is -0.758. The van der Waals surface area contributed by atoms with E-state index in [2.05, 4.69) is 36.2 Å². The molecule has 146 valence electrons. The number of amides is 2. The van der Waals surface area contributed by atoms with Gasteiger partial charge in [0.05, 0.1) is 12.1 Å². The van der Waals surface area contributed by atoms with Crippen LogP contribution in [0, 0.1) is 0 Å². The summed E-state index contributed by atoms with van der Waals surface area (Å²) in [7, 11) is 0. The Hall–Kier alpha value is -2.92. The zero-order valence-corrected chi connectivity index (χ0v) is 15.9. The monoisotopic (exact) mass is 378 g/mol. The van der Waals surface area contributed by atoms with E-state index in [1.165, 1.54) is 11.6 Å². The lowest BCUT2D eigenvalue weighted by atomic mass is 10.0. The average molecular weight is 378 g/mol. The molecular formula is C23H26N2O3. The molecule has 2 atom stereocenters. The van der Waals surface area contributed by atoms with Crippen molar-refractivity contribution in [2.24, 2.45) is 0 Å². The normalized spacial score (nSPS) is 19.1. The molecule has 1 aliphatic heterocycles. The number of piperidine rings is 1. The Balaban J connectivity index is 1.47. The molecule has 2 aromatic carbocycles. The van der Waals surface area contributed by atoms with Crippen LogP contribution in [0.1, 0.15) is 18.4 Å². The molecule has 0 spiro atoms. The predicted molar refractivity (Wildman–Crippen MR) is 110 cm³/mol. The molecule has 2 aromatic rings. The molecule has 1 heterocycles. The van der Waals surface area contributed by atoms with Crippen molar-refractivity contribution in [1.82, 2.24) is 10.2 Å². The topological polar surface area (TPSA) is 69.6 Å². The summed E-state index contributed by atoms with van der Waals surface area (Å²) < 4.78 is 0. The van der Waals surface area contributed by atoms with E-state index in [1.54, 1.807) is 4.90 Å². The number of hydrogen-bond donors (Lipinski definition) is 2. The van der Waals surface area contributed by atoms with Crippen LogP contribution in [-0.4, -0.2) is 47.1 Å². The third kappa shape index (κ3) is 5.08. The van der Waals surface area contributed by atoms with Gasteiger partial charge in [-0.15, -0.1) is 0 Å². The maximum Gasteiger partial charge on any atom is 0.246 e. The highest BCUT2D eigenvalue weighted by Crippen LogP contribution is 2.20. The second kappa shape index (κ2) is 9.33. The summed E-state index contributed by atoms with van der Waals surface area (Å²) in [6.07, 6.45) is 2.03. The molecule has 2 N–H and O–H groups in total. The van der Waals surface area contributed by atoms with Crippen molar-refractivity contribution in [3.8, 4) is 11.1 Å². The minimum absolute atomic E-state index is 0.0836. The standard InChI is InChI=1S/C23H26N2O3/c1-2-23(28)25-15-14-20(21(26)16-25)24-22(27)13-10-17-8-11-19(12-9-17)18-6-4-3-5-7-18/h2-9,11-12,20-21,26H,1,10,13-16H2,(H,24,27)/t20-,21-/m1/s1. The highest BCUT2D eigenvalue weighted by atomic mass is 16.3. The number of rotatable bonds is 6. The Morgan fingerprint density at radius 3 is 2.43 bits per heavy atom. The van der Waals surface area contributed by atoms with Crippen LogP contribution in [0.5, 0.6) is 0 Å². The summed E-state index contributed by atoms with van der Waals surface area (Å²) >= 11 is 0. The fourth-order valence-corrected chi connectivity index (χ4v) is 3.46. The van der Waals surface area contributed by atoms with Crippen molar-refractivity contribution in [3.05, 3.63) is 72.8 Å². The molecule has 0 saturated carbocycles. The molecule has 0 aromatic heterocycles. The number of likely N-dealkylation sites (tertiary alicyclic amines) is 1. The number of aliphatic hydroxyl groups excluding tert-OH is 1. The largest absolute Gasteiger partial charge is 0.389 e. The first-order valence-electron chi connectivity index (χ1n) is 9.60. The highest BCUT2D eigenvalue weighted by molar-refractivity contribution is 5.87. The molecule has 1 saturated heterocycles. The quantitative estimate of drug-likeness (QED) is 0.759. The van der Waals surface area contributed by atoms with Gasteiger partial charge in [-0.1, -0.05) is 61.2 Å². The summed E-state index contributed by atoms with van der Waals surface area (Å²) in [4.78, 5) is 25.4. The maximum atomic E-state index is 12.3. The molecule has 1 aliphatic rings. The van der Waals surface area contributed by atoms with Crippen molar-refractivity contribution in [2.45, 2.75) is 31.4 Å². The summed E-state index contributed by atoms with van der Waals surface area (Å²) in [6.45, 7) is 4.19. The molecule has 0 aliphatic carbocycles. The highest BCUT2D eigenvalue weighted by Gasteiger charge is 2.30. The Morgan fingerprint density at radius 1 is 1.11 bits per heavy atom. The molecule has 3 rings (SSSR count). The number of nitrogens with zero attached hydrogens (tertiary/aromatic N) is 1. The molecule has 1 fully saturated rings. The summed E-state index contributed by atoms with van der Waals surface area (Å²) in [6, 6.07) is 18.1. The van der Waals surface area contributed by atoms with Gasteiger partial charge in [0.1, 0.15) is 0 Å². The van der Waals surface area contributed by atoms with Crippen LogP contribution in [-0.2, 0) is 16.0 Å². The fourth-order valence-electron chi connectivity index (χ4n) is 3.46. The molecule has 5 nitrogen and oxygen atoms in total. The maximum absolute atomic E-state index is 12.3. The van der Waals surface area contributed by atoms with Gasteiger partial charge in [0.25, 0.3) is 0 Å². The number of nitrogens with one attached hydrogen (secondary N) is 1. The predicted octanol–water partition coefficient (Wildman–Crippen LogP) is 2.55. The zero-order chi connectivity index (χ0) is 19.9. The molecule has 0 unspecified atom stereocenters. The van der Waals surface area contributed by atoms with E-state index in [-0.39, 0.29) is 24.4 Å². The number of benzene rings is 2. The third-order valence-electron chi connectivity index (χ3n) is 5.12. The summed E-state index contributed by atoms with van der Waals surface area (Å²) in [5.74, 6) is -0.276. The molecule has 0 bridgehead atoms. The smallest absolute Gasteiger partial charge is 0.246 e. The first kappa shape index (κ1) is 19.8. The van der Waals surface area contributed by atoms with E-state index in [1.807, 2.05) is 30.3 Å². The van der Waals surface area contributed by atoms with Gasteiger partial charge in [-0.2, -0.15) is 0 Å². The van der Waals surface area contributed by atoms with Crippen LogP contribution in [0.4, 0.5) is 0 Å². The Morgan fingerprint density at radius 2 is 1.79 bits per heavy atom. The van der Waals surface area contributed by atoms with E-state index in [4.69, 9.17) is 0 Å². The number of hydrogen-bond acceptors (Lipinski definition) is 3. The number of carbonyl (C=O) groups is 2. The van der Waals surface area contributed by atoms with Crippen LogP contribution < -0.4 is 5.32 Å². The van der Waals surface area contributed by atoms with E-state index in [9.17, 15) is 14.7 Å². The number of aliphatic hydroxyl groups is 1. The average Bonchev–Trinajstić information content (AvgIpc) is 2.74. The van der Waals surface area contributed by atoms with Gasteiger partial charge in [0.15, 0.2) is 0 Å². The first-order valence-corrected chi connectivity index (χ1v) is 9.60. The van der Waals surface area contributed by atoms with Gasteiger partial charge in [0, 0.05) is 19.5 Å². The summed E-state index contributed by atoms with van der Waals surface area (Å²) in [5, 5.41) is 13.1. The van der Waals surface area contributed by atoms with Gasteiger partial charge >= 0.3 is 0 Å². The lowest BCUT2D eigenvalue weighted by Crippen LogP contribution is -2.55. The van der Waals surface area contributed by atoms with Crippen LogP contribution in [0.15, 0.2) is 67.3 Å². The van der Waals surface area contributed by atoms with E-state index >= 15 is 0 Å². The molecular weight excluding hydrogens is 352 g/mol. The number of β-amino-alcohol motifs (C(OH)–C–C–N with tert-alkyl or cyclic N) is 1. The van der Waals surface area contributed by atoms with Gasteiger partial charge < -0.3 is 15.3 Å². The minimum Gasteiger partial charge on any atom is -0.389 e. The van der Waals surface area contributed by atoms with Crippen molar-refractivity contribution >= 4 is 11.8 Å². The Labute approximate surface area is 165 Å². The van der Waals surface area contributed by atoms with Gasteiger partial charge in [-0.05, 0) is 35.6 Å². The molecule has 2 amide bonds. The fraction of sp³-hybridized carbons (Fsp3) is 0.304. The van der Waals surface area contributed by atoms with Crippen LogP contribution >= 0.6 is 0 Å². The lowest BCUT2D eigenvalue weighted by Gasteiger charge is -2.35. The molecule has 5 heteroatoms.